The zero-order chi connectivity index (χ0) is 10.4. The molecule has 0 aromatic heterocycles. The molecule has 0 aromatic rings. The zero-order valence-corrected chi connectivity index (χ0v) is 9.81. The standard InChI is InChI=1S/C12H26N2/c1-3-5-9-12(10-13,8-4-2)14-11-6-7-11/h11,14H,3-10,13H2,1-2H3. The molecule has 2 nitrogen and oxygen atoms in total. The number of hydrogen-bond acceptors (Lipinski definition) is 2. The Labute approximate surface area is 88.6 Å². The third-order valence-electron chi connectivity index (χ3n) is 3.22. The van der Waals surface area contributed by atoms with E-state index in [0.717, 1.165) is 12.6 Å². The van der Waals surface area contributed by atoms with Crippen molar-refractivity contribution in [2.75, 3.05) is 6.54 Å². The molecule has 1 unspecified atom stereocenters. The van der Waals surface area contributed by atoms with Crippen molar-refractivity contribution in [3.63, 3.8) is 0 Å². The van der Waals surface area contributed by atoms with Crippen LogP contribution in [0.5, 0.6) is 0 Å². The maximum atomic E-state index is 5.95. The van der Waals surface area contributed by atoms with Crippen LogP contribution in [0.2, 0.25) is 0 Å². The lowest BCUT2D eigenvalue weighted by Gasteiger charge is -2.34. The molecular formula is C12H26N2. The predicted molar refractivity (Wildman–Crippen MR) is 62.4 cm³/mol. The van der Waals surface area contributed by atoms with Crippen molar-refractivity contribution in [2.45, 2.75) is 70.4 Å². The molecule has 0 aromatic carbocycles. The van der Waals surface area contributed by atoms with E-state index in [1.54, 1.807) is 0 Å². The summed E-state index contributed by atoms with van der Waals surface area (Å²) < 4.78 is 0. The van der Waals surface area contributed by atoms with Crippen LogP contribution in [-0.4, -0.2) is 18.1 Å². The molecule has 0 saturated heterocycles. The zero-order valence-electron chi connectivity index (χ0n) is 9.81. The Morgan fingerprint density at radius 3 is 2.36 bits per heavy atom. The molecule has 14 heavy (non-hydrogen) atoms. The third kappa shape index (κ3) is 3.58. The Morgan fingerprint density at radius 1 is 1.21 bits per heavy atom. The van der Waals surface area contributed by atoms with Gasteiger partial charge in [-0.1, -0.05) is 33.1 Å². The Kier molecular flexibility index (Phi) is 4.90. The number of nitrogens with one attached hydrogen (secondary N) is 1. The molecule has 1 aliphatic rings. The molecule has 0 amide bonds. The Hall–Kier alpha value is -0.0800. The summed E-state index contributed by atoms with van der Waals surface area (Å²) in [5.41, 5.74) is 6.20. The average Bonchev–Trinajstić information content (AvgIpc) is 2.98. The second kappa shape index (κ2) is 5.72. The topological polar surface area (TPSA) is 38.0 Å². The summed E-state index contributed by atoms with van der Waals surface area (Å²) in [7, 11) is 0. The van der Waals surface area contributed by atoms with E-state index in [0.29, 0.717) is 0 Å². The number of unbranched alkanes of at least 4 members (excludes halogenated alkanes) is 1. The van der Waals surface area contributed by atoms with Gasteiger partial charge in [0.1, 0.15) is 0 Å². The van der Waals surface area contributed by atoms with Gasteiger partial charge in [-0.2, -0.15) is 0 Å². The molecule has 2 heteroatoms. The quantitative estimate of drug-likeness (QED) is 0.628. The molecule has 0 heterocycles. The fourth-order valence-corrected chi connectivity index (χ4v) is 2.19. The van der Waals surface area contributed by atoms with Crippen molar-refractivity contribution in [1.29, 1.82) is 0 Å². The van der Waals surface area contributed by atoms with E-state index in [1.807, 2.05) is 0 Å². The molecule has 3 N–H and O–H groups in total. The summed E-state index contributed by atoms with van der Waals surface area (Å²) in [6, 6.07) is 0.780. The average molecular weight is 198 g/mol. The van der Waals surface area contributed by atoms with Crippen LogP contribution in [0, 0.1) is 0 Å². The van der Waals surface area contributed by atoms with Crippen LogP contribution >= 0.6 is 0 Å². The first kappa shape index (κ1) is 12.0. The monoisotopic (exact) mass is 198 g/mol. The fraction of sp³-hybridized carbons (Fsp3) is 1.00. The van der Waals surface area contributed by atoms with E-state index < -0.39 is 0 Å². The van der Waals surface area contributed by atoms with Gasteiger partial charge in [-0.05, 0) is 25.7 Å². The van der Waals surface area contributed by atoms with Crippen molar-refractivity contribution in [3.05, 3.63) is 0 Å². The maximum Gasteiger partial charge on any atom is 0.0306 e. The highest BCUT2D eigenvalue weighted by atomic mass is 15.1. The largest absolute Gasteiger partial charge is 0.329 e. The molecule has 1 rings (SSSR count). The number of hydrogen-bond donors (Lipinski definition) is 2. The summed E-state index contributed by atoms with van der Waals surface area (Å²) in [5, 5.41) is 3.76. The van der Waals surface area contributed by atoms with E-state index in [4.69, 9.17) is 5.73 Å². The summed E-state index contributed by atoms with van der Waals surface area (Å²) in [6.07, 6.45) is 9.02. The molecular weight excluding hydrogens is 172 g/mol. The van der Waals surface area contributed by atoms with Gasteiger partial charge in [-0.15, -0.1) is 0 Å². The fourth-order valence-electron chi connectivity index (χ4n) is 2.19. The van der Waals surface area contributed by atoms with Gasteiger partial charge in [0.15, 0.2) is 0 Å². The molecule has 0 spiro atoms. The van der Waals surface area contributed by atoms with E-state index in [-0.39, 0.29) is 5.54 Å². The SMILES string of the molecule is CCCCC(CN)(CCC)NC1CC1. The lowest BCUT2D eigenvalue weighted by Crippen LogP contribution is -2.52. The Balaban J connectivity index is 2.43. The van der Waals surface area contributed by atoms with Gasteiger partial charge in [0.25, 0.3) is 0 Å². The van der Waals surface area contributed by atoms with Crippen LogP contribution in [0.3, 0.4) is 0 Å². The first-order chi connectivity index (χ1) is 6.76. The lowest BCUT2D eigenvalue weighted by molar-refractivity contribution is 0.275. The summed E-state index contributed by atoms with van der Waals surface area (Å²) in [6.45, 7) is 5.31. The normalized spacial score (nSPS) is 20.8. The van der Waals surface area contributed by atoms with Crippen LogP contribution in [0.15, 0.2) is 0 Å². The smallest absolute Gasteiger partial charge is 0.0306 e. The maximum absolute atomic E-state index is 5.95. The van der Waals surface area contributed by atoms with E-state index in [2.05, 4.69) is 19.2 Å². The minimum absolute atomic E-state index is 0.256. The van der Waals surface area contributed by atoms with Gasteiger partial charge in [-0.25, -0.2) is 0 Å². The van der Waals surface area contributed by atoms with E-state index in [1.165, 1.54) is 44.9 Å². The molecule has 1 aliphatic carbocycles. The molecule has 84 valence electrons. The predicted octanol–water partition coefficient (Wildman–Crippen LogP) is 2.43. The van der Waals surface area contributed by atoms with Crippen LogP contribution in [-0.2, 0) is 0 Å². The second-order valence-electron chi connectivity index (χ2n) is 4.76. The Morgan fingerprint density at radius 2 is 1.93 bits per heavy atom. The lowest BCUT2D eigenvalue weighted by atomic mass is 9.87. The Bertz CT molecular complexity index is 154. The molecule has 0 radical (unpaired) electrons. The van der Waals surface area contributed by atoms with Crippen LogP contribution in [0.25, 0.3) is 0 Å². The van der Waals surface area contributed by atoms with Crippen molar-refractivity contribution in [3.8, 4) is 0 Å². The minimum Gasteiger partial charge on any atom is -0.329 e. The first-order valence-corrected chi connectivity index (χ1v) is 6.24. The third-order valence-corrected chi connectivity index (χ3v) is 3.22. The summed E-state index contributed by atoms with van der Waals surface area (Å²) in [5.74, 6) is 0. The highest BCUT2D eigenvalue weighted by Crippen LogP contribution is 2.27. The summed E-state index contributed by atoms with van der Waals surface area (Å²) in [4.78, 5) is 0. The van der Waals surface area contributed by atoms with Crippen molar-refractivity contribution >= 4 is 0 Å². The van der Waals surface area contributed by atoms with Gasteiger partial charge in [0, 0.05) is 18.1 Å². The van der Waals surface area contributed by atoms with Crippen LogP contribution in [0.4, 0.5) is 0 Å². The van der Waals surface area contributed by atoms with Crippen molar-refractivity contribution in [2.24, 2.45) is 5.73 Å². The first-order valence-electron chi connectivity index (χ1n) is 6.24. The van der Waals surface area contributed by atoms with Crippen LogP contribution < -0.4 is 11.1 Å². The number of rotatable bonds is 8. The van der Waals surface area contributed by atoms with Gasteiger partial charge in [0.2, 0.25) is 0 Å². The molecule has 0 bridgehead atoms. The molecule has 0 aliphatic heterocycles. The summed E-state index contributed by atoms with van der Waals surface area (Å²) >= 11 is 0. The van der Waals surface area contributed by atoms with Gasteiger partial charge >= 0.3 is 0 Å². The van der Waals surface area contributed by atoms with Crippen molar-refractivity contribution in [1.82, 2.24) is 5.32 Å². The van der Waals surface area contributed by atoms with E-state index in [9.17, 15) is 0 Å². The van der Waals surface area contributed by atoms with Crippen LogP contribution in [0.1, 0.15) is 58.8 Å². The number of nitrogens with two attached hydrogens (primary N) is 1. The van der Waals surface area contributed by atoms with E-state index >= 15 is 0 Å². The minimum atomic E-state index is 0.256. The highest BCUT2D eigenvalue weighted by molar-refractivity contribution is 4.95. The highest BCUT2D eigenvalue weighted by Gasteiger charge is 2.33. The van der Waals surface area contributed by atoms with Gasteiger partial charge in [-0.3, -0.25) is 0 Å². The molecule has 1 atom stereocenters. The van der Waals surface area contributed by atoms with Gasteiger partial charge < -0.3 is 11.1 Å². The second-order valence-corrected chi connectivity index (χ2v) is 4.76. The molecule has 1 fully saturated rings. The van der Waals surface area contributed by atoms with Gasteiger partial charge in [0.05, 0.1) is 0 Å². The van der Waals surface area contributed by atoms with Crippen molar-refractivity contribution < 1.29 is 0 Å². The molecule has 1 saturated carbocycles.